The molecule has 18 heavy (non-hydrogen) atoms. The largest absolute Gasteiger partial charge is 0.350 e. The third-order valence-corrected chi connectivity index (χ3v) is 4.28. The number of halogens is 1. The minimum atomic E-state index is 0.172. The number of carbonyl (C=O) groups excluding carboxylic acids is 1. The van der Waals surface area contributed by atoms with Crippen LogP contribution in [0.15, 0.2) is 24.4 Å². The third-order valence-electron chi connectivity index (χ3n) is 4.05. The second kappa shape index (κ2) is 3.61. The van der Waals surface area contributed by atoms with Crippen molar-refractivity contribution in [1.29, 1.82) is 0 Å². The molecule has 0 saturated heterocycles. The fourth-order valence-corrected chi connectivity index (χ4v) is 2.82. The van der Waals surface area contributed by atoms with Crippen LogP contribution in [-0.2, 0) is 7.05 Å². The molecule has 0 amide bonds. The Bertz CT molecular complexity index is 654. The molecule has 2 nitrogen and oxygen atoms in total. The van der Waals surface area contributed by atoms with Gasteiger partial charge in [0.2, 0.25) is 0 Å². The lowest BCUT2D eigenvalue weighted by Crippen LogP contribution is -2.05. The number of aromatic nitrogens is 1. The van der Waals surface area contributed by atoms with Gasteiger partial charge in [0.1, 0.15) is 0 Å². The average molecular weight is 262 g/mol. The molecule has 3 rings (SSSR count). The Morgan fingerprint density at radius 3 is 2.72 bits per heavy atom. The Hall–Kier alpha value is -1.28. The third kappa shape index (κ3) is 1.67. The van der Waals surface area contributed by atoms with E-state index in [0.717, 1.165) is 22.9 Å². The van der Waals surface area contributed by atoms with Crippen molar-refractivity contribution in [1.82, 2.24) is 4.57 Å². The van der Waals surface area contributed by atoms with Gasteiger partial charge in [-0.3, -0.25) is 4.79 Å². The number of carbonyl (C=O) groups is 1. The molecule has 0 radical (unpaired) electrons. The quantitative estimate of drug-likeness (QED) is 0.747. The lowest BCUT2D eigenvalue weighted by Gasteiger charge is -2.01. The molecule has 0 spiro atoms. The van der Waals surface area contributed by atoms with Crippen LogP contribution in [0.2, 0.25) is 5.02 Å². The van der Waals surface area contributed by atoms with Crippen LogP contribution in [-0.4, -0.2) is 10.4 Å². The number of fused-ring (bicyclic) bond motifs is 1. The van der Waals surface area contributed by atoms with Crippen molar-refractivity contribution in [3.8, 4) is 0 Å². The van der Waals surface area contributed by atoms with Crippen LogP contribution in [0.5, 0.6) is 0 Å². The van der Waals surface area contributed by atoms with E-state index in [1.165, 1.54) is 0 Å². The Kier molecular flexibility index (Phi) is 2.36. The van der Waals surface area contributed by atoms with Gasteiger partial charge in [-0.15, -0.1) is 0 Å². The zero-order valence-electron chi connectivity index (χ0n) is 10.8. The van der Waals surface area contributed by atoms with Gasteiger partial charge < -0.3 is 4.57 Å². The van der Waals surface area contributed by atoms with E-state index in [2.05, 4.69) is 13.8 Å². The molecule has 94 valence electrons. The predicted octanol–water partition coefficient (Wildman–Crippen LogP) is 4.06. The first-order chi connectivity index (χ1) is 8.40. The number of Topliss-reactive ketones (excluding diaryl/α,β-unsaturated/α-hetero) is 1. The molecule has 1 unspecified atom stereocenters. The Labute approximate surface area is 112 Å². The fourth-order valence-electron chi connectivity index (χ4n) is 2.66. The molecule has 3 heteroatoms. The maximum absolute atomic E-state index is 12.5. The summed E-state index contributed by atoms with van der Waals surface area (Å²) in [6.07, 6.45) is 2.92. The van der Waals surface area contributed by atoms with Gasteiger partial charge in [0, 0.05) is 40.7 Å². The Morgan fingerprint density at radius 2 is 2.11 bits per heavy atom. The fraction of sp³-hybridized carbons (Fsp3) is 0.400. The first-order valence-electron chi connectivity index (χ1n) is 6.19. The molecule has 0 bridgehead atoms. The van der Waals surface area contributed by atoms with Crippen molar-refractivity contribution in [2.24, 2.45) is 18.4 Å². The molecule has 1 heterocycles. The summed E-state index contributed by atoms with van der Waals surface area (Å²) in [5, 5.41) is 1.71. The second-order valence-corrected chi connectivity index (χ2v) is 6.36. The van der Waals surface area contributed by atoms with E-state index >= 15 is 0 Å². The first kappa shape index (κ1) is 11.8. The van der Waals surface area contributed by atoms with Crippen LogP contribution in [0.25, 0.3) is 10.9 Å². The van der Waals surface area contributed by atoms with Crippen LogP contribution in [0, 0.1) is 11.3 Å². The highest BCUT2D eigenvalue weighted by Crippen LogP contribution is 2.53. The highest BCUT2D eigenvalue weighted by Gasteiger charge is 2.50. The van der Waals surface area contributed by atoms with Crippen molar-refractivity contribution in [3.05, 3.63) is 35.0 Å². The molecule has 1 aliphatic carbocycles. The summed E-state index contributed by atoms with van der Waals surface area (Å²) >= 11 is 6.00. The van der Waals surface area contributed by atoms with Gasteiger partial charge in [-0.25, -0.2) is 0 Å². The highest BCUT2D eigenvalue weighted by atomic mass is 35.5. The SMILES string of the molecule is Cn1cc(C(=O)C2CC2(C)C)c2ccc(Cl)cc21. The number of nitrogens with zero attached hydrogens (tertiary/aromatic N) is 1. The smallest absolute Gasteiger partial charge is 0.168 e. The molecule has 1 atom stereocenters. The van der Waals surface area contributed by atoms with Gasteiger partial charge in [-0.05, 0) is 24.0 Å². The number of hydrogen-bond acceptors (Lipinski definition) is 1. The lowest BCUT2D eigenvalue weighted by molar-refractivity contribution is 0.0954. The molecule has 2 aromatic rings. The highest BCUT2D eigenvalue weighted by molar-refractivity contribution is 6.31. The molecule has 1 aromatic carbocycles. The summed E-state index contributed by atoms with van der Waals surface area (Å²) in [6, 6.07) is 5.70. The topological polar surface area (TPSA) is 22.0 Å². The number of aryl methyl sites for hydroxylation is 1. The van der Waals surface area contributed by atoms with Gasteiger partial charge in [-0.2, -0.15) is 0 Å². The summed E-state index contributed by atoms with van der Waals surface area (Å²) < 4.78 is 1.98. The number of ketones is 1. The molecule has 1 fully saturated rings. The van der Waals surface area contributed by atoms with Crippen LogP contribution >= 0.6 is 11.6 Å². The first-order valence-corrected chi connectivity index (χ1v) is 6.57. The van der Waals surface area contributed by atoms with E-state index in [1.54, 1.807) is 0 Å². The zero-order chi connectivity index (χ0) is 13.1. The molecular weight excluding hydrogens is 246 g/mol. The van der Waals surface area contributed by atoms with Gasteiger partial charge in [0.15, 0.2) is 5.78 Å². The summed E-state index contributed by atoms with van der Waals surface area (Å²) in [5.41, 5.74) is 2.02. The lowest BCUT2D eigenvalue weighted by atomic mass is 10.0. The van der Waals surface area contributed by atoms with Crippen LogP contribution < -0.4 is 0 Å². The van der Waals surface area contributed by atoms with E-state index < -0.39 is 0 Å². The summed E-state index contributed by atoms with van der Waals surface area (Å²) in [7, 11) is 1.95. The van der Waals surface area contributed by atoms with Gasteiger partial charge in [0.05, 0.1) is 0 Å². The maximum atomic E-state index is 12.5. The number of benzene rings is 1. The Morgan fingerprint density at radius 1 is 1.44 bits per heavy atom. The monoisotopic (exact) mass is 261 g/mol. The van der Waals surface area contributed by atoms with Gasteiger partial charge in [-0.1, -0.05) is 31.5 Å². The molecule has 0 N–H and O–H groups in total. The molecular formula is C15H16ClNO. The van der Waals surface area contributed by atoms with Crippen LogP contribution in [0.4, 0.5) is 0 Å². The molecule has 0 aliphatic heterocycles. The van der Waals surface area contributed by atoms with E-state index in [4.69, 9.17) is 11.6 Å². The van der Waals surface area contributed by atoms with E-state index in [1.807, 2.05) is 36.0 Å². The standard InChI is InChI=1S/C15H16ClNO/c1-15(2)7-12(15)14(18)11-8-17(3)13-6-9(16)4-5-10(11)13/h4-6,8,12H,7H2,1-3H3. The minimum absolute atomic E-state index is 0.172. The average Bonchev–Trinajstić information content (AvgIpc) is 2.82. The number of rotatable bonds is 2. The van der Waals surface area contributed by atoms with Crippen LogP contribution in [0.1, 0.15) is 30.6 Å². The van der Waals surface area contributed by atoms with Crippen molar-refractivity contribution < 1.29 is 4.79 Å². The van der Waals surface area contributed by atoms with Crippen molar-refractivity contribution in [2.45, 2.75) is 20.3 Å². The van der Waals surface area contributed by atoms with E-state index in [0.29, 0.717) is 5.02 Å². The minimum Gasteiger partial charge on any atom is -0.350 e. The summed E-state index contributed by atoms with van der Waals surface area (Å²) in [4.78, 5) is 12.5. The summed E-state index contributed by atoms with van der Waals surface area (Å²) in [6.45, 7) is 4.30. The zero-order valence-corrected chi connectivity index (χ0v) is 11.6. The second-order valence-electron chi connectivity index (χ2n) is 5.92. The molecule has 1 aliphatic rings. The van der Waals surface area contributed by atoms with E-state index in [-0.39, 0.29) is 17.1 Å². The molecule has 1 saturated carbocycles. The van der Waals surface area contributed by atoms with Gasteiger partial charge >= 0.3 is 0 Å². The van der Waals surface area contributed by atoms with Crippen molar-refractivity contribution in [2.75, 3.05) is 0 Å². The van der Waals surface area contributed by atoms with Crippen molar-refractivity contribution >= 4 is 28.3 Å². The number of hydrogen-bond donors (Lipinski definition) is 0. The molecule has 1 aromatic heterocycles. The normalized spacial score (nSPS) is 21.2. The summed E-state index contributed by atoms with van der Waals surface area (Å²) in [5.74, 6) is 0.451. The van der Waals surface area contributed by atoms with Crippen molar-refractivity contribution in [3.63, 3.8) is 0 Å². The van der Waals surface area contributed by atoms with Gasteiger partial charge in [0.25, 0.3) is 0 Å². The Balaban J connectivity index is 2.11. The van der Waals surface area contributed by atoms with E-state index in [9.17, 15) is 4.79 Å². The predicted molar refractivity (Wildman–Crippen MR) is 74.1 cm³/mol. The van der Waals surface area contributed by atoms with Crippen LogP contribution in [0.3, 0.4) is 0 Å². The maximum Gasteiger partial charge on any atom is 0.168 e.